The van der Waals surface area contributed by atoms with Crippen molar-refractivity contribution in [3.63, 3.8) is 0 Å². The molecule has 0 saturated heterocycles. The zero-order chi connectivity index (χ0) is 37.5. The van der Waals surface area contributed by atoms with Crippen molar-refractivity contribution in [2.75, 3.05) is 0 Å². The number of aromatic nitrogens is 4. The lowest BCUT2D eigenvalue weighted by atomic mass is 10.0. The molecule has 0 spiro atoms. The van der Waals surface area contributed by atoms with Gasteiger partial charge in [-0.3, -0.25) is 0 Å². The van der Waals surface area contributed by atoms with E-state index in [1.807, 2.05) is 83.3 Å². The van der Waals surface area contributed by atoms with Crippen LogP contribution in [0.5, 0.6) is 0 Å². The van der Waals surface area contributed by atoms with E-state index in [4.69, 9.17) is 15.0 Å². The van der Waals surface area contributed by atoms with Crippen LogP contribution in [0.1, 0.15) is 0 Å². The zero-order valence-corrected chi connectivity index (χ0v) is 32.1. The molecule has 4 heterocycles. The van der Waals surface area contributed by atoms with Crippen molar-refractivity contribution in [3.8, 4) is 51.0 Å². The van der Waals surface area contributed by atoms with Crippen molar-refractivity contribution in [2.24, 2.45) is 0 Å². The summed E-state index contributed by atoms with van der Waals surface area (Å²) >= 11 is 3.71. The van der Waals surface area contributed by atoms with Gasteiger partial charge in [-0.1, -0.05) is 146 Å². The molecule has 12 rings (SSSR count). The minimum absolute atomic E-state index is 0.665. The summed E-state index contributed by atoms with van der Waals surface area (Å²) in [7, 11) is 0. The number of rotatable bonds is 5. The number of hydrogen-bond acceptors (Lipinski definition) is 5. The molecule has 4 nitrogen and oxygen atoms in total. The quantitative estimate of drug-likeness (QED) is 0.175. The summed E-state index contributed by atoms with van der Waals surface area (Å²) in [4.78, 5) is 14.9. The lowest BCUT2D eigenvalue weighted by molar-refractivity contribution is 1.07. The van der Waals surface area contributed by atoms with Gasteiger partial charge >= 0.3 is 0 Å². The molecule has 0 saturated carbocycles. The van der Waals surface area contributed by atoms with Gasteiger partial charge in [0, 0.05) is 67.8 Å². The maximum Gasteiger partial charge on any atom is 0.164 e. The first-order valence-electron chi connectivity index (χ1n) is 19.0. The van der Waals surface area contributed by atoms with Gasteiger partial charge < -0.3 is 4.57 Å². The molecule has 0 aliphatic rings. The molecule has 4 aromatic heterocycles. The molecule has 0 bridgehead atoms. The molecular weight excluding hydrogens is 733 g/mol. The van der Waals surface area contributed by atoms with E-state index in [-0.39, 0.29) is 0 Å². The molecule has 12 aromatic rings. The fourth-order valence-electron chi connectivity index (χ4n) is 8.45. The largest absolute Gasteiger partial charge is 0.309 e. The van der Waals surface area contributed by atoms with Crippen LogP contribution in [0.3, 0.4) is 0 Å². The van der Waals surface area contributed by atoms with Crippen LogP contribution in [0.15, 0.2) is 182 Å². The number of benzene rings is 8. The van der Waals surface area contributed by atoms with Gasteiger partial charge in [-0.25, -0.2) is 15.0 Å². The third-order valence-corrected chi connectivity index (χ3v) is 13.4. The van der Waals surface area contributed by atoms with Gasteiger partial charge in [0.15, 0.2) is 17.5 Å². The van der Waals surface area contributed by atoms with Crippen LogP contribution in [0.4, 0.5) is 0 Å². The van der Waals surface area contributed by atoms with Gasteiger partial charge in [0.2, 0.25) is 0 Å². The van der Waals surface area contributed by atoms with E-state index in [1.54, 1.807) is 0 Å². The molecule has 0 unspecified atom stereocenters. The maximum atomic E-state index is 4.99. The van der Waals surface area contributed by atoms with Gasteiger partial charge in [-0.15, -0.1) is 22.7 Å². The number of nitrogens with zero attached hydrogens (tertiary/aromatic N) is 4. The highest BCUT2D eigenvalue weighted by atomic mass is 32.1. The van der Waals surface area contributed by atoms with Gasteiger partial charge in [0.05, 0.1) is 16.7 Å². The summed E-state index contributed by atoms with van der Waals surface area (Å²) in [6.07, 6.45) is 0. The molecule has 0 aliphatic carbocycles. The number of thiophene rings is 2. The SMILES string of the molecule is c1ccc(-c2nc(-c3ccccc3)nc(-c3ccc4c(c3)sc3cc(-c5cccc6c5sc5cccc(-n7c8ccccc8c8ccccc87)c56)ccc34)n2)cc1. The summed E-state index contributed by atoms with van der Waals surface area (Å²) in [5.41, 5.74) is 9.05. The molecule has 8 aromatic carbocycles. The van der Waals surface area contributed by atoms with Crippen LogP contribution in [-0.4, -0.2) is 19.5 Å². The van der Waals surface area contributed by atoms with E-state index in [0.29, 0.717) is 17.5 Å². The Hall–Kier alpha value is -6.99. The fourth-order valence-corrected chi connectivity index (χ4v) is 10.9. The van der Waals surface area contributed by atoms with E-state index >= 15 is 0 Å². The second-order valence-electron chi connectivity index (χ2n) is 14.4. The standard InChI is InChI=1S/C51H30N4S2/c1-3-13-31(14-4-1)49-52-50(32-15-5-2-6-16-32)54-51(53-49)34-26-28-39-38-27-25-33(29-45(38)56-46(39)30-34)35-19-11-20-40-47-43(23-12-24-44(47)57-48(35)40)55-41-21-9-7-17-36(41)37-18-8-10-22-42(37)55/h1-30H. The second-order valence-corrected chi connectivity index (χ2v) is 16.5. The van der Waals surface area contributed by atoms with Crippen LogP contribution in [-0.2, 0) is 0 Å². The summed E-state index contributed by atoms with van der Waals surface area (Å²) < 4.78 is 7.51. The predicted molar refractivity (Wildman–Crippen MR) is 242 cm³/mol. The van der Waals surface area contributed by atoms with Gasteiger partial charge in [0.25, 0.3) is 0 Å². The summed E-state index contributed by atoms with van der Waals surface area (Å²) in [5, 5.41) is 7.63. The Kier molecular flexibility index (Phi) is 7.24. The summed E-state index contributed by atoms with van der Waals surface area (Å²) in [6.45, 7) is 0. The molecule has 0 aliphatic heterocycles. The highest BCUT2D eigenvalue weighted by molar-refractivity contribution is 7.26. The molecule has 0 amide bonds. The van der Waals surface area contributed by atoms with Crippen LogP contribution < -0.4 is 0 Å². The summed E-state index contributed by atoms with van der Waals surface area (Å²) in [6, 6.07) is 64.9. The zero-order valence-electron chi connectivity index (χ0n) is 30.4. The fraction of sp³-hybridized carbons (Fsp3) is 0. The van der Waals surface area contributed by atoms with Crippen LogP contribution in [0.25, 0.3) is 113 Å². The Bertz CT molecular complexity index is 3410. The minimum Gasteiger partial charge on any atom is -0.309 e. The Morgan fingerprint density at radius 2 is 0.877 bits per heavy atom. The Morgan fingerprint density at radius 1 is 0.351 bits per heavy atom. The van der Waals surface area contributed by atoms with Crippen molar-refractivity contribution < 1.29 is 0 Å². The van der Waals surface area contributed by atoms with Crippen molar-refractivity contribution >= 4 is 84.8 Å². The predicted octanol–water partition coefficient (Wildman–Crippen LogP) is 14.4. The van der Waals surface area contributed by atoms with Gasteiger partial charge in [0.1, 0.15) is 0 Å². The lowest BCUT2D eigenvalue weighted by Crippen LogP contribution is -1.99. The van der Waals surface area contributed by atoms with Crippen molar-refractivity contribution in [3.05, 3.63) is 182 Å². The molecule has 0 N–H and O–H groups in total. The maximum absolute atomic E-state index is 4.99. The lowest BCUT2D eigenvalue weighted by Gasteiger charge is -2.10. The first-order chi connectivity index (χ1) is 28.2. The van der Waals surface area contributed by atoms with E-state index < -0.39 is 0 Å². The second kappa shape index (κ2) is 12.8. The molecule has 6 heteroatoms. The third-order valence-electron chi connectivity index (χ3n) is 11.1. The first-order valence-corrected chi connectivity index (χ1v) is 20.7. The molecule has 0 radical (unpaired) electrons. The topological polar surface area (TPSA) is 43.6 Å². The Labute approximate surface area is 335 Å². The van der Waals surface area contributed by atoms with E-state index in [9.17, 15) is 0 Å². The molecular formula is C51H30N4S2. The number of fused-ring (bicyclic) bond motifs is 9. The molecule has 266 valence electrons. The van der Waals surface area contributed by atoms with E-state index in [2.05, 4.69) is 126 Å². The number of para-hydroxylation sites is 2. The smallest absolute Gasteiger partial charge is 0.164 e. The van der Waals surface area contributed by atoms with Gasteiger partial charge in [-0.05, 0) is 47.5 Å². The van der Waals surface area contributed by atoms with Gasteiger partial charge in [-0.2, -0.15) is 0 Å². The van der Waals surface area contributed by atoms with Crippen LogP contribution in [0, 0.1) is 0 Å². The average molecular weight is 763 g/mol. The van der Waals surface area contributed by atoms with Crippen LogP contribution in [0.2, 0.25) is 0 Å². The Morgan fingerprint density at radius 3 is 1.53 bits per heavy atom. The van der Waals surface area contributed by atoms with Crippen molar-refractivity contribution in [1.29, 1.82) is 0 Å². The monoisotopic (exact) mass is 762 g/mol. The van der Waals surface area contributed by atoms with Crippen molar-refractivity contribution in [1.82, 2.24) is 19.5 Å². The van der Waals surface area contributed by atoms with Crippen LogP contribution >= 0.6 is 22.7 Å². The normalized spacial score (nSPS) is 11.9. The van der Waals surface area contributed by atoms with E-state index in [1.165, 1.54) is 79.0 Å². The van der Waals surface area contributed by atoms with E-state index in [0.717, 1.165) is 16.7 Å². The number of hydrogen-bond donors (Lipinski definition) is 0. The third kappa shape index (κ3) is 5.15. The summed E-state index contributed by atoms with van der Waals surface area (Å²) in [5.74, 6) is 2.00. The average Bonchev–Trinajstić information content (AvgIpc) is 3.96. The Balaban J connectivity index is 0.984. The molecule has 0 fully saturated rings. The highest BCUT2D eigenvalue weighted by Crippen LogP contribution is 2.45. The van der Waals surface area contributed by atoms with Crippen molar-refractivity contribution in [2.45, 2.75) is 0 Å². The highest BCUT2D eigenvalue weighted by Gasteiger charge is 2.19. The first kappa shape index (κ1) is 32.3. The molecule has 57 heavy (non-hydrogen) atoms. The minimum atomic E-state index is 0.665. The molecule has 0 atom stereocenters.